The number of para-hydroxylation sites is 1. The van der Waals surface area contributed by atoms with Crippen molar-refractivity contribution in [2.24, 2.45) is 5.92 Å². The highest BCUT2D eigenvalue weighted by Gasteiger charge is 2.62. The number of H-pyrrole nitrogens is 1. The van der Waals surface area contributed by atoms with Crippen LogP contribution in [0.25, 0.3) is 10.9 Å². The predicted octanol–water partition coefficient (Wildman–Crippen LogP) is 3.40. The van der Waals surface area contributed by atoms with Gasteiger partial charge in [0.25, 0.3) is 0 Å². The Balaban J connectivity index is 2.01. The van der Waals surface area contributed by atoms with E-state index in [0.717, 1.165) is 21.2 Å². The molecule has 2 aliphatic rings. The molecule has 4 rings (SSSR count). The Morgan fingerprint density at radius 2 is 1.70 bits per heavy atom. The first-order chi connectivity index (χ1) is 14.2. The first kappa shape index (κ1) is 20.4. The molecule has 0 bridgehead atoms. The minimum atomic E-state index is -1.64. The van der Waals surface area contributed by atoms with Crippen LogP contribution < -0.4 is 0 Å². The molecule has 2 unspecified atom stereocenters. The summed E-state index contributed by atoms with van der Waals surface area (Å²) in [6.07, 6.45) is -0.632. The molecule has 1 aromatic carbocycles. The molecule has 7 heteroatoms. The standard InChI is InChI=1S/C23H28N2O5/c1-12(2)29-21(26)23(22(27)30-13(3)4)10-16-14(5)25(28)11-17(16)19-15-8-6-7-9-18(15)24-20(19)23/h6-9,12-13,16-17,24H,10-11H2,1-5H3. The highest BCUT2D eigenvalue weighted by molar-refractivity contribution is 6.09. The number of rotatable bonds is 4. The van der Waals surface area contributed by atoms with Crippen molar-refractivity contribution < 1.29 is 23.8 Å². The van der Waals surface area contributed by atoms with Crippen LogP contribution in [-0.2, 0) is 24.5 Å². The van der Waals surface area contributed by atoms with Gasteiger partial charge in [-0.2, -0.15) is 0 Å². The molecule has 160 valence electrons. The van der Waals surface area contributed by atoms with E-state index in [4.69, 9.17) is 9.47 Å². The van der Waals surface area contributed by atoms with E-state index in [1.54, 1.807) is 34.6 Å². The molecule has 1 N–H and O–H groups in total. The Labute approximate surface area is 175 Å². The molecular weight excluding hydrogens is 384 g/mol. The first-order valence-electron chi connectivity index (χ1n) is 10.5. The average molecular weight is 412 g/mol. The highest BCUT2D eigenvalue weighted by Crippen LogP contribution is 2.52. The summed E-state index contributed by atoms with van der Waals surface area (Å²) in [4.78, 5) is 30.4. The Morgan fingerprint density at radius 1 is 1.10 bits per heavy atom. The van der Waals surface area contributed by atoms with Crippen LogP contribution in [0.15, 0.2) is 24.3 Å². The third-order valence-electron chi connectivity index (χ3n) is 6.23. The van der Waals surface area contributed by atoms with E-state index in [-0.39, 0.29) is 18.3 Å². The van der Waals surface area contributed by atoms with Gasteiger partial charge in [-0.1, -0.05) is 18.2 Å². The van der Waals surface area contributed by atoms with Crippen LogP contribution in [0.3, 0.4) is 0 Å². The van der Waals surface area contributed by atoms with E-state index in [1.165, 1.54) is 0 Å². The molecule has 1 aliphatic heterocycles. The van der Waals surface area contributed by atoms with E-state index in [0.29, 0.717) is 18.0 Å². The van der Waals surface area contributed by atoms with Gasteiger partial charge in [0.05, 0.1) is 24.0 Å². The minimum absolute atomic E-state index is 0.0968. The molecule has 2 aromatic rings. The summed E-state index contributed by atoms with van der Waals surface area (Å²) < 4.78 is 12.2. The van der Waals surface area contributed by atoms with Gasteiger partial charge in [-0.05, 0) is 45.7 Å². The fourth-order valence-electron chi connectivity index (χ4n) is 4.91. The number of fused-ring (bicyclic) bond motifs is 5. The van der Waals surface area contributed by atoms with E-state index in [9.17, 15) is 14.8 Å². The maximum atomic E-state index is 13.5. The Bertz CT molecular complexity index is 1030. The molecule has 1 aromatic heterocycles. The quantitative estimate of drug-likeness (QED) is 0.359. The van der Waals surface area contributed by atoms with Crippen LogP contribution in [0, 0.1) is 11.1 Å². The molecule has 0 amide bonds. The number of esters is 2. The lowest BCUT2D eigenvalue weighted by Gasteiger charge is -2.38. The summed E-state index contributed by atoms with van der Waals surface area (Å²) in [5.74, 6) is -1.60. The summed E-state index contributed by atoms with van der Waals surface area (Å²) in [5.41, 5.74) is 1.17. The molecule has 0 fully saturated rings. The number of benzene rings is 1. The maximum absolute atomic E-state index is 13.5. The second-order valence-electron chi connectivity index (χ2n) is 8.89. The SMILES string of the molecule is CC1=[N+]([O-])CC2c3c([nH]c4ccccc34)C(C(=O)OC(C)C)(C(=O)OC(C)C)CC12. The highest BCUT2D eigenvalue weighted by atomic mass is 16.6. The van der Waals surface area contributed by atoms with E-state index in [1.807, 2.05) is 24.3 Å². The maximum Gasteiger partial charge on any atom is 0.329 e. The summed E-state index contributed by atoms with van der Waals surface area (Å²) >= 11 is 0. The van der Waals surface area contributed by atoms with Crippen LogP contribution >= 0.6 is 0 Å². The number of aromatic nitrogens is 1. The molecule has 0 saturated carbocycles. The first-order valence-corrected chi connectivity index (χ1v) is 10.5. The molecule has 0 saturated heterocycles. The van der Waals surface area contributed by atoms with Crippen molar-refractivity contribution in [3.63, 3.8) is 0 Å². The molecule has 30 heavy (non-hydrogen) atoms. The number of hydrogen-bond acceptors (Lipinski definition) is 5. The summed E-state index contributed by atoms with van der Waals surface area (Å²) in [5, 5.41) is 13.5. The fourth-order valence-corrected chi connectivity index (χ4v) is 4.91. The molecular formula is C23H28N2O5. The van der Waals surface area contributed by atoms with Crippen LogP contribution in [0.4, 0.5) is 0 Å². The van der Waals surface area contributed by atoms with Gasteiger partial charge in [-0.3, -0.25) is 9.59 Å². The molecule has 0 spiro atoms. The normalized spacial score (nSPS) is 22.4. The number of nitrogens with zero attached hydrogens (tertiary/aromatic N) is 1. The van der Waals surface area contributed by atoms with Crippen molar-refractivity contribution in [2.75, 3.05) is 6.54 Å². The number of aromatic amines is 1. The van der Waals surface area contributed by atoms with Crippen molar-refractivity contribution in [1.82, 2.24) is 4.98 Å². The van der Waals surface area contributed by atoms with Crippen molar-refractivity contribution in [3.05, 3.63) is 40.7 Å². The summed E-state index contributed by atoms with van der Waals surface area (Å²) in [7, 11) is 0. The zero-order valence-corrected chi connectivity index (χ0v) is 18.0. The van der Waals surface area contributed by atoms with Gasteiger partial charge >= 0.3 is 11.9 Å². The topological polar surface area (TPSA) is 94.5 Å². The van der Waals surface area contributed by atoms with Crippen LogP contribution in [0.2, 0.25) is 0 Å². The number of nitrogens with one attached hydrogen (secondary N) is 1. The second-order valence-corrected chi connectivity index (χ2v) is 8.89. The van der Waals surface area contributed by atoms with Gasteiger partial charge in [0, 0.05) is 23.5 Å². The lowest BCUT2D eigenvalue weighted by molar-refractivity contribution is -0.451. The van der Waals surface area contributed by atoms with E-state index >= 15 is 0 Å². The van der Waals surface area contributed by atoms with E-state index < -0.39 is 29.6 Å². The van der Waals surface area contributed by atoms with Gasteiger partial charge in [0.1, 0.15) is 0 Å². The summed E-state index contributed by atoms with van der Waals surface area (Å²) in [6, 6.07) is 7.69. The smallest absolute Gasteiger partial charge is 0.329 e. The van der Waals surface area contributed by atoms with E-state index in [2.05, 4.69) is 4.98 Å². The fraction of sp³-hybridized carbons (Fsp3) is 0.522. The van der Waals surface area contributed by atoms with Crippen LogP contribution in [-0.4, -0.2) is 46.1 Å². The number of carbonyl (C=O) groups is 2. The largest absolute Gasteiger partial charge is 0.624 e. The van der Waals surface area contributed by atoms with Crippen molar-refractivity contribution in [2.45, 2.75) is 64.6 Å². The monoisotopic (exact) mass is 412 g/mol. The Hall–Kier alpha value is -2.83. The number of hydroxylamine groups is 1. The number of hydrogen-bond donors (Lipinski definition) is 1. The van der Waals surface area contributed by atoms with Crippen LogP contribution in [0.5, 0.6) is 0 Å². The summed E-state index contributed by atoms with van der Waals surface area (Å²) in [6.45, 7) is 9.10. The molecule has 2 atom stereocenters. The van der Waals surface area contributed by atoms with Gasteiger partial charge in [0.15, 0.2) is 12.3 Å². The molecule has 0 radical (unpaired) electrons. The van der Waals surface area contributed by atoms with Gasteiger partial charge in [-0.15, -0.1) is 0 Å². The second kappa shape index (κ2) is 7.15. The lowest BCUT2D eigenvalue weighted by Crippen LogP contribution is -2.52. The number of ether oxygens (including phenoxy) is 2. The Morgan fingerprint density at radius 3 is 2.30 bits per heavy atom. The zero-order chi connectivity index (χ0) is 21.8. The van der Waals surface area contributed by atoms with Crippen molar-refractivity contribution >= 4 is 28.6 Å². The molecule has 2 heterocycles. The third-order valence-corrected chi connectivity index (χ3v) is 6.23. The predicted molar refractivity (Wildman–Crippen MR) is 112 cm³/mol. The average Bonchev–Trinajstić information content (AvgIpc) is 3.18. The van der Waals surface area contributed by atoms with Crippen molar-refractivity contribution in [3.8, 4) is 0 Å². The zero-order valence-electron chi connectivity index (χ0n) is 18.0. The Kier molecular flexibility index (Phi) is 4.87. The minimum Gasteiger partial charge on any atom is -0.624 e. The lowest BCUT2D eigenvalue weighted by atomic mass is 9.63. The van der Waals surface area contributed by atoms with Crippen molar-refractivity contribution in [1.29, 1.82) is 0 Å². The number of carbonyl (C=O) groups excluding carboxylic acids is 2. The van der Waals surface area contributed by atoms with Crippen LogP contribution in [0.1, 0.15) is 58.2 Å². The molecule has 1 aliphatic carbocycles. The molecule has 7 nitrogen and oxygen atoms in total. The van der Waals surface area contributed by atoms with Gasteiger partial charge < -0.3 is 19.7 Å². The van der Waals surface area contributed by atoms with Gasteiger partial charge in [0.2, 0.25) is 5.41 Å². The third kappa shape index (κ3) is 2.90. The van der Waals surface area contributed by atoms with Gasteiger partial charge in [-0.25, -0.2) is 4.74 Å².